The zero-order valence-electron chi connectivity index (χ0n) is 61.8. The average Bonchev–Trinajstić information content (AvgIpc) is 0.948. The number of aryl methyl sites for hydroxylation is 1. The van der Waals surface area contributed by atoms with Crippen LogP contribution in [0.25, 0.3) is 0 Å². The summed E-state index contributed by atoms with van der Waals surface area (Å²) < 4.78 is 55.0. The first-order chi connectivity index (χ1) is 45.0. The second-order valence-electron chi connectivity index (χ2n) is 30.8. The molecule has 2 amide bonds. The third-order valence-electron chi connectivity index (χ3n) is 22.4. The van der Waals surface area contributed by atoms with Crippen LogP contribution < -0.4 is 0 Å². The summed E-state index contributed by atoms with van der Waals surface area (Å²) in [5.74, 6) is -5.11. The quantitative estimate of drug-likeness (QED) is 0.168. The highest BCUT2D eigenvalue weighted by Crippen LogP contribution is 2.44. The normalized spacial score (nSPS) is 37.8. The number of ether oxygens (including phenoxy) is 8. The Hall–Kier alpha value is -4.13. The molecule has 26 nitrogen and oxygen atoms in total. The summed E-state index contributed by atoms with van der Waals surface area (Å²) in [5, 5.41) is 24.2. The molecule has 19 atom stereocenters. The first-order valence-corrected chi connectivity index (χ1v) is 35.3. The molecule has 0 radical (unpaired) electrons. The lowest BCUT2D eigenvalue weighted by atomic mass is 9.69. The van der Waals surface area contributed by atoms with Gasteiger partial charge in [-0.15, -0.1) is 0 Å². The van der Waals surface area contributed by atoms with Crippen LogP contribution in [0.4, 0.5) is 0 Å². The maximum Gasteiger partial charge on any atom is 0.319 e. The number of piperazine rings is 2. The lowest BCUT2D eigenvalue weighted by Crippen LogP contribution is -2.60. The Labute approximate surface area is 572 Å². The topological polar surface area (TPSA) is 260 Å². The van der Waals surface area contributed by atoms with Gasteiger partial charge in [-0.05, 0) is 141 Å². The third-order valence-corrected chi connectivity index (χ3v) is 22.4. The fourth-order valence-electron chi connectivity index (χ4n) is 16.1. The number of esters is 2. The summed E-state index contributed by atoms with van der Waals surface area (Å²) >= 11 is 0. The summed E-state index contributed by atoms with van der Waals surface area (Å²) in [7, 11) is 14.6. The maximum atomic E-state index is 16.5. The monoisotopic (exact) mass is 1360 g/mol. The molecule has 0 unspecified atom stereocenters. The molecule has 2 N–H and O–H groups in total. The molecule has 0 bridgehead atoms. The molecule has 0 saturated carbocycles. The largest absolute Gasteiger partial charge is 0.463 e. The van der Waals surface area contributed by atoms with Crippen molar-refractivity contribution in [2.45, 2.75) is 206 Å². The Kier molecular flexibility index (Phi) is 27.7. The number of Topliss-reactive ketones (excluding diaryl/α,β-unsaturated/α-hetero) is 2. The number of hydrogen-bond acceptors (Lipinski definition) is 23. The molecule has 6 aliphatic heterocycles. The van der Waals surface area contributed by atoms with Gasteiger partial charge in [0.2, 0.25) is 5.91 Å². The average molecular weight is 1360 g/mol. The van der Waals surface area contributed by atoms with E-state index in [1.165, 1.54) is 0 Å². The van der Waals surface area contributed by atoms with E-state index in [1.807, 2.05) is 96.5 Å². The van der Waals surface area contributed by atoms with Gasteiger partial charge in [-0.3, -0.25) is 48.4 Å². The van der Waals surface area contributed by atoms with Crippen molar-refractivity contribution in [1.82, 2.24) is 48.8 Å². The number of likely N-dealkylation sites (N-methyl/N-ethyl adjacent to an activating group) is 4. The number of aliphatic hydroxyl groups is 2. The van der Waals surface area contributed by atoms with E-state index in [9.17, 15) is 24.6 Å². The molecule has 7 heterocycles. The van der Waals surface area contributed by atoms with Gasteiger partial charge in [0, 0.05) is 137 Å². The van der Waals surface area contributed by atoms with Crippen molar-refractivity contribution in [3.8, 4) is 0 Å². The van der Waals surface area contributed by atoms with E-state index >= 15 is 14.4 Å². The van der Waals surface area contributed by atoms with Gasteiger partial charge in [0.1, 0.15) is 41.9 Å². The molecule has 6 saturated heterocycles. The Morgan fingerprint density at radius 1 is 0.667 bits per heavy atom. The highest BCUT2D eigenvalue weighted by molar-refractivity contribution is 6.05. The van der Waals surface area contributed by atoms with Crippen LogP contribution in [0, 0.1) is 34.5 Å². The Morgan fingerprint density at radius 2 is 1.15 bits per heavy atom. The number of ketones is 2. The molecule has 96 heavy (non-hydrogen) atoms. The number of methoxy groups -OCH3 is 2. The van der Waals surface area contributed by atoms with Crippen molar-refractivity contribution in [3.05, 3.63) is 18.2 Å². The van der Waals surface area contributed by atoms with E-state index in [4.69, 9.17) is 37.9 Å². The molecule has 26 heteroatoms. The number of rotatable bonds is 17. The Morgan fingerprint density at radius 3 is 1.62 bits per heavy atom. The molecule has 548 valence electrons. The van der Waals surface area contributed by atoms with Crippen LogP contribution in [-0.4, -0.2) is 327 Å². The number of amides is 2. The van der Waals surface area contributed by atoms with Crippen LogP contribution in [0.5, 0.6) is 0 Å². The number of carbonyl (C=O) groups excluding carboxylic acids is 6. The summed E-state index contributed by atoms with van der Waals surface area (Å²) in [4.78, 5) is 109. The van der Waals surface area contributed by atoms with Gasteiger partial charge in [-0.1, -0.05) is 27.7 Å². The van der Waals surface area contributed by atoms with Crippen LogP contribution in [-0.2, 0) is 68.9 Å². The lowest BCUT2D eigenvalue weighted by molar-refractivity contribution is -0.296. The summed E-state index contributed by atoms with van der Waals surface area (Å²) in [6.07, 6.45) is -2.35. The van der Waals surface area contributed by atoms with Gasteiger partial charge in [0.05, 0.1) is 54.0 Å². The van der Waals surface area contributed by atoms with Crippen LogP contribution in [0.1, 0.15) is 132 Å². The molecule has 0 spiro atoms. The molecule has 7 rings (SSSR count). The zero-order chi connectivity index (χ0) is 71.1. The minimum Gasteiger partial charge on any atom is -0.463 e. The third kappa shape index (κ3) is 18.7. The highest BCUT2D eigenvalue weighted by atomic mass is 16.7. The molecule has 6 aliphatic rings. The van der Waals surface area contributed by atoms with Gasteiger partial charge in [0.15, 0.2) is 24.1 Å². The van der Waals surface area contributed by atoms with Crippen LogP contribution in [0.2, 0.25) is 0 Å². The molecule has 1 aromatic rings. The van der Waals surface area contributed by atoms with Crippen molar-refractivity contribution in [2.24, 2.45) is 41.5 Å². The number of nitrogens with zero attached hydrogens (tertiary/aromatic N) is 10. The number of hydrogen-bond donors (Lipinski definition) is 2. The van der Waals surface area contributed by atoms with Crippen molar-refractivity contribution >= 4 is 35.3 Å². The van der Waals surface area contributed by atoms with Crippen molar-refractivity contribution < 1.29 is 76.9 Å². The predicted octanol–water partition coefficient (Wildman–Crippen LogP) is 3.13. The minimum absolute atomic E-state index is 0.00317. The SMILES string of the molecule is CCN1C[C@H](CC[C@@]2(C)C(=O)OC[C@@H](CN3CCN(C(=O)c4cn(C)cn4)CC3)N(C)C[C@H](C)C[C@@](C)(OC)[C@H](O[C@@H]3O[C@H](C)C[C@H](N(C)C)[C@H]3O)[C@@H](C)C2=O)C[C@@](C)(OC)[C@H](O[C@@H]2O[C@H](C)C[C@H](N(C)C)[C@H]2O)[C@@H](C)C(=O)C(C)(C)C(=O)OC[C@@H]1CN1CCN(C(C)=O)CC1. The number of cyclic esters (lactones) is 2. The fraction of sp³-hybridized carbons (Fsp3) is 0.871. The van der Waals surface area contributed by atoms with Crippen LogP contribution in [0.3, 0.4) is 0 Å². The Balaban J connectivity index is 1.32. The van der Waals surface area contributed by atoms with Gasteiger partial charge in [-0.2, -0.15) is 0 Å². The summed E-state index contributed by atoms with van der Waals surface area (Å²) in [6, 6.07) is -1.47. The molecule has 0 aliphatic carbocycles. The van der Waals surface area contributed by atoms with Gasteiger partial charge in [0.25, 0.3) is 5.91 Å². The number of aliphatic hydroxyl groups excluding tert-OH is 2. The number of imidazole rings is 1. The summed E-state index contributed by atoms with van der Waals surface area (Å²) in [5.41, 5.74) is -5.72. The van der Waals surface area contributed by atoms with E-state index in [2.05, 4.69) is 31.5 Å². The smallest absolute Gasteiger partial charge is 0.319 e. The molecule has 6 fully saturated rings. The second kappa shape index (κ2) is 33.6. The molecule has 0 aromatic carbocycles. The summed E-state index contributed by atoms with van der Waals surface area (Å²) in [6.45, 7) is 28.2. The number of carbonyl (C=O) groups is 6. The fourth-order valence-corrected chi connectivity index (χ4v) is 16.1. The van der Waals surface area contributed by atoms with Crippen molar-refractivity contribution in [1.29, 1.82) is 0 Å². The first kappa shape index (κ1) is 79.2. The van der Waals surface area contributed by atoms with Crippen LogP contribution >= 0.6 is 0 Å². The van der Waals surface area contributed by atoms with E-state index < -0.39 is 106 Å². The second-order valence-corrected chi connectivity index (χ2v) is 30.8. The predicted molar refractivity (Wildman–Crippen MR) is 360 cm³/mol. The van der Waals surface area contributed by atoms with Gasteiger partial charge < -0.3 is 72.3 Å². The van der Waals surface area contributed by atoms with Crippen LogP contribution in [0.15, 0.2) is 12.5 Å². The number of aromatic nitrogens is 2. The molecule has 1 aromatic heterocycles. The zero-order valence-corrected chi connectivity index (χ0v) is 61.8. The van der Waals surface area contributed by atoms with Gasteiger partial charge >= 0.3 is 11.9 Å². The van der Waals surface area contributed by atoms with E-state index in [0.29, 0.717) is 110 Å². The van der Waals surface area contributed by atoms with E-state index in [-0.39, 0.29) is 80.5 Å². The standard InChI is InChI=1S/C70H122N10O16/c1-21-78-37-50(35-70(12,90-20)60(95-63-56(82)54(72(13)14)32-45(3)93-63)47(5)58(84)67(8,9)65(87)91-42-52(78)39-77-24-28-79(29-25-77)49(7)81)22-23-68(10)59(85)48(6)61(96-64-57(83)55(73(15)16)33-46(4)94-64)69(11,89-19)34-44(2)36-75(18)51(41-92-66(68)88)38-76-26-30-80(31-27-76)62(86)53-40-74(17)43-71-53/h40,43-48,50-52,54-57,60-61,63-64,82-83H,21-39,41-42H2,1-20H3/t44-,45-,46-,47+,48+,50-,51-,52+,54+,55+,56-,57-,60-,61-,63+,64+,68-,69-,70-/m1/s1. The van der Waals surface area contributed by atoms with E-state index in [1.54, 1.807) is 72.9 Å². The van der Waals surface area contributed by atoms with Crippen molar-refractivity contribution in [2.75, 3.05) is 148 Å². The van der Waals surface area contributed by atoms with E-state index in [0.717, 1.165) is 0 Å². The maximum absolute atomic E-state index is 16.5. The van der Waals surface area contributed by atoms with Crippen molar-refractivity contribution in [3.63, 3.8) is 0 Å². The minimum atomic E-state index is -1.87. The molecular weight excluding hydrogens is 1240 g/mol. The molecular formula is C70H122N10O16. The lowest BCUT2D eigenvalue weighted by Gasteiger charge is -2.48. The Bertz CT molecular complexity index is 2740. The highest BCUT2D eigenvalue weighted by Gasteiger charge is 2.56. The van der Waals surface area contributed by atoms with Gasteiger partial charge in [-0.25, -0.2) is 4.98 Å². The first-order valence-electron chi connectivity index (χ1n) is 35.3.